The Morgan fingerprint density at radius 2 is 2.18 bits per heavy atom. The highest BCUT2D eigenvalue weighted by Gasteiger charge is 2.17. The van der Waals surface area contributed by atoms with E-state index in [-0.39, 0.29) is 16.2 Å². The van der Waals surface area contributed by atoms with Gasteiger partial charge in [-0.3, -0.25) is 4.79 Å². The maximum absolute atomic E-state index is 11.8. The van der Waals surface area contributed by atoms with Gasteiger partial charge in [0.2, 0.25) is 0 Å². The molecule has 1 amide bonds. The van der Waals surface area contributed by atoms with E-state index in [1.807, 2.05) is 11.8 Å². The zero-order valence-electron chi connectivity index (χ0n) is 9.08. The molecule has 1 saturated heterocycles. The first-order valence-electron chi connectivity index (χ1n) is 5.34. The summed E-state index contributed by atoms with van der Waals surface area (Å²) in [5, 5.41) is 3.37. The molecule has 0 spiro atoms. The van der Waals surface area contributed by atoms with Crippen molar-refractivity contribution in [3.8, 4) is 0 Å². The summed E-state index contributed by atoms with van der Waals surface area (Å²) in [6.45, 7) is 0.712. The topological polar surface area (TPSA) is 42.0 Å². The van der Waals surface area contributed by atoms with Gasteiger partial charge in [-0.1, -0.05) is 23.2 Å². The molecule has 1 aromatic rings. The summed E-state index contributed by atoms with van der Waals surface area (Å²) in [5.41, 5.74) is 0.459. The van der Waals surface area contributed by atoms with Crippen molar-refractivity contribution >= 4 is 40.9 Å². The van der Waals surface area contributed by atoms with Crippen LogP contribution in [0.25, 0.3) is 0 Å². The van der Waals surface area contributed by atoms with E-state index in [2.05, 4.69) is 10.3 Å². The Morgan fingerprint density at radius 1 is 1.47 bits per heavy atom. The summed E-state index contributed by atoms with van der Waals surface area (Å²) in [6.07, 6.45) is 1.17. The lowest BCUT2D eigenvalue weighted by atomic mass is 10.1. The fourth-order valence-electron chi connectivity index (χ4n) is 1.68. The quantitative estimate of drug-likeness (QED) is 0.871. The summed E-state index contributed by atoms with van der Waals surface area (Å²) in [4.78, 5) is 15.6. The zero-order chi connectivity index (χ0) is 12.3. The maximum Gasteiger partial charge on any atom is 0.251 e. The fraction of sp³-hybridized carbons (Fsp3) is 0.455. The second kappa shape index (κ2) is 5.94. The van der Waals surface area contributed by atoms with E-state index in [0.29, 0.717) is 18.0 Å². The first-order valence-corrected chi connectivity index (χ1v) is 7.25. The number of hydrogen-bond acceptors (Lipinski definition) is 3. The van der Waals surface area contributed by atoms with E-state index >= 15 is 0 Å². The Balaban J connectivity index is 1.94. The van der Waals surface area contributed by atoms with Crippen molar-refractivity contribution < 1.29 is 4.79 Å². The molecule has 0 aromatic carbocycles. The molecule has 1 atom stereocenters. The summed E-state index contributed by atoms with van der Waals surface area (Å²) in [6, 6.07) is 3.04. The SMILES string of the molecule is O=C(NCC1CCSC1)c1cc(Cl)nc(Cl)c1. The van der Waals surface area contributed by atoms with Gasteiger partial charge in [0.05, 0.1) is 0 Å². The fourth-order valence-corrected chi connectivity index (χ4v) is 3.42. The van der Waals surface area contributed by atoms with Gasteiger partial charge in [-0.25, -0.2) is 4.98 Å². The van der Waals surface area contributed by atoms with Crippen LogP contribution in [-0.4, -0.2) is 28.9 Å². The van der Waals surface area contributed by atoms with E-state index in [9.17, 15) is 4.79 Å². The number of halogens is 2. The van der Waals surface area contributed by atoms with Crippen LogP contribution in [-0.2, 0) is 0 Å². The van der Waals surface area contributed by atoms with Crippen LogP contribution in [0.4, 0.5) is 0 Å². The second-order valence-corrected chi connectivity index (χ2v) is 5.87. The molecule has 1 N–H and O–H groups in total. The molecule has 0 radical (unpaired) electrons. The summed E-state index contributed by atoms with van der Waals surface area (Å²) in [5.74, 6) is 2.75. The van der Waals surface area contributed by atoms with Crippen LogP contribution in [0.1, 0.15) is 16.8 Å². The molecule has 1 aliphatic heterocycles. The highest BCUT2D eigenvalue weighted by molar-refractivity contribution is 7.99. The molecule has 0 aliphatic carbocycles. The molecule has 6 heteroatoms. The first kappa shape index (κ1) is 13.0. The number of nitrogens with one attached hydrogen (secondary N) is 1. The van der Waals surface area contributed by atoms with Gasteiger partial charge in [0.25, 0.3) is 5.91 Å². The number of aromatic nitrogens is 1. The minimum atomic E-state index is -0.145. The molecule has 17 heavy (non-hydrogen) atoms. The van der Waals surface area contributed by atoms with Crippen molar-refractivity contribution in [3.63, 3.8) is 0 Å². The Morgan fingerprint density at radius 3 is 2.76 bits per heavy atom. The average Bonchev–Trinajstić information content (AvgIpc) is 2.77. The summed E-state index contributed by atoms with van der Waals surface area (Å²) < 4.78 is 0. The normalized spacial score (nSPS) is 19.3. The lowest BCUT2D eigenvalue weighted by Crippen LogP contribution is -2.29. The van der Waals surface area contributed by atoms with E-state index < -0.39 is 0 Å². The van der Waals surface area contributed by atoms with Gasteiger partial charge in [0, 0.05) is 12.1 Å². The minimum absolute atomic E-state index is 0.145. The third kappa shape index (κ3) is 3.76. The molecule has 1 unspecified atom stereocenters. The summed E-state index contributed by atoms with van der Waals surface area (Å²) in [7, 11) is 0. The largest absolute Gasteiger partial charge is 0.352 e. The van der Waals surface area contributed by atoms with Crippen LogP contribution in [0.15, 0.2) is 12.1 Å². The van der Waals surface area contributed by atoms with Crippen LogP contribution in [0.5, 0.6) is 0 Å². The van der Waals surface area contributed by atoms with Gasteiger partial charge >= 0.3 is 0 Å². The lowest BCUT2D eigenvalue weighted by Gasteiger charge is -2.10. The number of carbonyl (C=O) groups is 1. The van der Waals surface area contributed by atoms with Crippen molar-refractivity contribution in [2.45, 2.75) is 6.42 Å². The number of thioether (sulfide) groups is 1. The second-order valence-electron chi connectivity index (χ2n) is 3.94. The Kier molecular flexibility index (Phi) is 4.54. The molecular weight excluding hydrogens is 279 g/mol. The van der Waals surface area contributed by atoms with Gasteiger partial charge in [-0.2, -0.15) is 11.8 Å². The molecule has 1 fully saturated rings. The van der Waals surface area contributed by atoms with Crippen LogP contribution < -0.4 is 5.32 Å². The van der Waals surface area contributed by atoms with E-state index in [1.165, 1.54) is 24.3 Å². The number of hydrogen-bond donors (Lipinski definition) is 1. The summed E-state index contributed by atoms with van der Waals surface area (Å²) >= 11 is 13.4. The number of nitrogens with zero attached hydrogens (tertiary/aromatic N) is 1. The van der Waals surface area contributed by atoms with Crippen LogP contribution in [0, 0.1) is 5.92 Å². The molecule has 2 heterocycles. The van der Waals surface area contributed by atoms with Crippen LogP contribution in [0.2, 0.25) is 10.3 Å². The number of rotatable bonds is 3. The number of carbonyl (C=O) groups excluding carboxylic acids is 1. The molecule has 0 saturated carbocycles. The predicted molar refractivity (Wildman–Crippen MR) is 72.0 cm³/mol. The average molecular weight is 291 g/mol. The number of amides is 1. The van der Waals surface area contributed by atoms with Crippen molar-refractivity contribution in [3.05, 3.63) is 28.0 Å². The standard InChI is InChI=1S/C11H12Cl2N2OS/c12-9-3-8(4-10(13)15-9)11(16)14-5-7-1-2-17-6-7/h3-4,7H,1-2,5-6H2,(H,14,16). The molecule has 1 aromatic heterocycles. The Labute approximate surface area is 114 Å². The third-order valence-corrected chi connectivity index (χ3v) is 4.22. The van der Waals surface area contributed by atoms with Crippen LogP contribution >= 0.6 is 35.0 Å². The van der Waals surface area contributed by atoms with Gasteiger partial charge < -0.3 is 5.32 Å². The molecule has 3 nitrogen and oxygen atoms in total. The van der Waals surface area contributed by atoms with Gasteiger partial charge in [-0.05, 0) is 36.0 Å². The molecule has 0 bridgehead atoms. The van der Waals surface area contributed by atoms with Gasteiger partial charge in [0.1, 0.15) is 10.3 Å². The predicted octanol–water partition coefficient (Wildman–Crippen LogP) is 2.87. The highest BCUT2D eigenvalue weighted by atomic mass is 35.5. The zero-order valence-corrected chi connectivity index (χ0v) is 11.4. The van der Waals surface area contributed by atoms with Gasteiger partial charge in [0.15, 0.2) is 0 Å². The van der Waals surface area contributed by atoms with Crippen molar-refractivity contribution in [2.24, 2.45) is 5.92 Å². The highest BCUT2D eigenvalue weighted by Crippen LogP contribution is 2.22. The number of pyridine rings is 1. The van der Waals surface area contributed by atoms with E-state index in [4.69, 9.17) is 23.2 Å². The molecule has 1 aliphatic rings. The van der Waals surface area contributed by atoms with Crippen LogP contribution in [0.3, 0.4) is 0 Å². The molecule has 92 valence electrons. The van der Waals surface area contributed by atoms with Crippen molar-refractivity contribution in [2.75, 3.05) is 18.1 Å². The monoisotopic (exact) mass is 290 g/mol. The van der Waals surface area contributed by atoms with E-state index in [0.717, 1.165) is 5.75 Å². The lowest BCUT2D eigenvalue weighted by molar-refractivity contribution is 0.0948. The maximum atomic E-state index is 11.8. The molecule has 2 rings (SSSR count). The van der Waals surface area contributed by atoms with Crippen molar-refractivity contribution in [1.82, 2.24) is 10.3 Å². The van der Waals surface area contributed by atoms with Crippen molar-refractivity contribution in [1.29, 1.82) is 0 Å². The third-order valence-electron chi connectivity index (χ3n) is 2.60. The Hall–Kier alpha value is -0.450. The first-order chi connectivity index (χ1) is 8.15. The van der Waals surface area contributed by atoms with E-state index in [1.54, 1.807) is 0 Å². The molecular formula is C11H12Cl2N2OS. The smallest absolute Gasteiger partial charge is 0.251 e. The Bertz CT molecular complexity index is 402. The minimum Gasteiger partial charge on any atom is -0.352 e. The van der Waals surface area contributed by atoms with Gasteiger partial charge in [-0.15, -0.1) is 0 Å².